The van der Waals surface area contributed by atoms with Crippen molar-refractivity contribution >= 4 is 12.1 Å². The summed E-state index contributed by atoms with van der Waals surface area (Å²) in [6.45, 7) is 5.16. The van der Waals surface area contributed by atoms with Gasteiger partial charge in [-0.15, -0.1) is 0 Å². The average molecular weight is 271 g/mol. The maximum atomic E-state index is 12.1. The monoisotopic (exact) mass is 271 g/mol. The predicted octanol–water partition coefficient (Wildman–Crippen LogP) is 1.43. The van der Waals surface area contributed by atoms with Gasteiger partial charge in [-0.25, -0.2) is 9.59 Å². The molecule has 6 heteroatoms. The van der Waals surface area contributed by atoms with E-state index in [4.69, 9.17) is 4.74 Å². The van der Waals surface area contributed by atoms with Crippen molar-refractivity contribution in [3.63, 3.8) is 0 Å². The van der Waals surface area contributed by atoms with Gasteiger partial charge in [0, 0.05) is 0 Å². The van der Waals surface area contributed by atoms with Crippen molar-refractivity contribution in [1.29, 1.82) is 0 Å². The van der Waals surface area contributed by atoms with Crippen molar-refractivity contribution in [2.75, 3.05) is 7.11 Å². The van der Waals surface area contributed by atoms with Crippen LogP contribution in [0.3, 0.4) is 0 Å². The van der Waals surface area contributed by atoms with Crippen molar-refractivity contribution in [2.24, 2.45) is 0 Å². The number of allylic oxidation sites excluding steroid dienone is 1. The largest absolute Gasteiger partial charge is 0.466 e. The predicted molar refractivity (Wildman–Crippen MR) is 68.3 cm³/mol. The smallest absolute Gasteiger partial charge is 0.413 e. The van der Waals surface area contributed by atoms with Crippen molar-refractivity contribution in [3.05, 3.63) is 12.2 Å². The number of carbonyl (C=O) groups excluding carboxylic acids is 2. The first-order chi connectivity index (χ1) is 8.76. The van der Waals surface area contributed by atoms with E-state index in [0.29, 0.717) is 6.42 Å². The van der Waals surface area contributed by atoms with Crippen LogP contribution in [0, 0.1) is 0 Å². The molecule has 1 N–H and O–H groups in total. The highest BCUT2D eigenvalue weighted by molar-refractivity contribution is 5.80. The molecule has 0 aromatic heterocycles. The zero-order valence-electron chi connectivity index (χ0n) is 11.8. The second-order valence-corrected chi connectivity index (χ2v) is 5.36. The third-order valence-electron chi connectivity index (χ3n) is 2.62. The molecule has 0 aromatic rings. The number of aliphatic hydroxyl groups excluding tert-OH is 1. The number of carbonyl (C=O) groups is 2. The normalized spacial score (nSPS) is 19.9. The minimum absolute atomic E-state index is 0.357. The van der Waals surface area contributed by atoms with E-state index in [1.54, 1.807) is 26.8 Å². The van der Waals surface area contributed by atoms with Crippen molar-refractivity contribution < 1.29 is 24.2 Å². The molecule has 6 nitrogen and oxygen atoms in total. The number of hydrogen-bond acceptors (Lipinski definition) is 5. The van der Waals surface area contributed by atoms with E-state index in [2.05, 4.69) is 4.74 Å². The average Bonchev–Trinajstić information content (AvgIpc) is 2.79. The van der Waals surface area contributed by atoms with E-state index < -0.39 is 23.9 Å². The fourth-order valence-electron chi connectivity index (χ4n) is 1.80. The van der Waals surface area contributed by atoms with Gasteiger partial charge in [0.1, 0.15) is 5.60 Å². The summed E-state index contributed by atoms with van der Waals surface area (Å²) in [7, 11) is 1.16. The van der Waals surface area contributed by atoms with Gasteiger partial charge in [0.15, 0.2) is 0 Å². The molecule has 0 saturated carbocycles. The maximum Gasteiger partial charge on any atom is 0.413 e. The Labute approximate surface area is 113 Å². The summed E-state index contributed by atoms with van der Waals surface area (Å²) >= 11 is 0. The fraction of sp³-hybridized carbons (Fsp3) is 0.692. The summed E-state index contributed by atoms with van der Waals surface area (Å²) in [4.78, 5) is 24.6. The second kappa shape index (κ2) is 6.06. The molecule has 0 aromatic carbocycles. The summed E-state index contributed by atoms with van der Waals surface area (Å²) in [6, 6.07) is -0.357. The number of esters is 1. The van der Waals surface area contributed by atoms with Crippen LogP contribution in [-0.2, 0) is 14.3 Å². The van der Waals surface area contributed by atoms with Crippen LogP contribution in [0.15, 0.2) is 12.2 Å². The molecule has 1 aliphatic carbocycles. The summed E-state index contributed by atoms with van der Waals surface area (Å²) in [6.07, 6.45) is 2.71. The van der Waals surface area contributed by atoms with E-state index in [9.17, 15) is 14.7 Å². The molecule has 108 valence electrons. The summed E-state index contributed by atoms with van der Waals surface area (Å²) in [5.41, 5.74) is -0.701. The highest BCUT2D eigenvalue weighted by Gasteiger charge is 2.37. The molecular formula is C13H21NO5. The summed E-state index contributed by atoms with van der Waals surface area (Å²) in [5, 5.41) is 9.92. The molecule has 0 radical (unpaired) electrons. The molecule has 1 aliphatic rings. The first-order valence-electron chi connectivity index (χ1n) is 6.20. The number of ether oxygens (including phenoxy) is 2. The van der Waals surface area contributed by atoms with Crippen LogP contribution in [0.2, 0.25) is 0 Å². The van der Waals surface area contributed by atoms with Gasteiger partial charge in [0.05, 0.1) is 13.2 Å². The Bertz CT molecular complexity index is 372. The molecule has 0 saturated heterocycles. The van der Waals surface area contributed by atoms with E-state index >= 15 is 0 Å². The number of aliphatic hydroxyl groups is 1. The molecule has 2 atom stereocenters. The van der Waals surface area contributed by atoms with Gasteiger partial charge in [0.2, 0.25) is 6.23 Å². The van der Waals surface area contributed by atoms with Crippen molar-refractivity contribution in [1.82, 2.24) is 4.90 Å². The lowest BCUT2D eigenvalue weighted by molar-refractivity contribution is -0.161. The molecule has 2 unspecified atom stereocenters. The quantitative estimate of drug-likeness (QED) is 0.477. The van der Waals surface area contributed by atoms with E-state index in [-0.39, 0.29) is 6.04 Å². The molecule has 0 bridgehead atoms. The molecular weight excluding hydrogens is 250 g/mol. The SMILES string of the molecule is COC(=O)C(O)N(C(=O)OC(C)(C)C)C1C=CCC1. The number of hydrogen-bond donors (Lipinski definition) is 1. The van der Waals surface area contributed by atoms with E-state index in [0.717, 1.165) is 18.4 Å². The first-order valence-corrected chi connectivity index (χ1v) is 6.20. The van der Waals surface area contributed by atoms with Gasteiger partial charge < -0.3 is 14.6 Å². The Balaban J connectivity index is 2.88. The van der Waals surface area contributed by atoms with Crippen LogP contribution in [-0.4, -0.2) is 47.0 Å². The zero-order chi connectivity index (χ0) is 14.6. The summed E-state index contributed by atoms with van der Waals surface area (Å²) in [5.74, 6) is -0.883. The Hall–Kier alpha value is -1.56. The Kier molecular flexibility index (Phi) is 4.94. The summed E-state index contributed by atoms with van der Waals surface area (Å²) < 4.78 is 9.68. The molecule has 1 rings (SSSR count). The minimum Gasteiger partial charge on any atom is -0.466 e. The van der Waals surface area contributed by atoms with Gasteiger partial charge in [0.25, 0.3) is 0 Å². The molecule has 0 spiro atoms. The molecule has 0 aliphatic heterocycles. The first kappa shape index (κ1) is 15.5. The molecule has 0 fully saturated rings. The van der Waals surface area contributed by atoms with Gasteiger partial charge in [-0.3, -0.25) is 4.90 Å². The van der Waals surface area contributed by atoms with Gasteiger partial charge >= 0.3 is 12.1 Å². The third-order valence-corrected chi connectivity index (χ3v) is 2.62. The number of methoxy groups -OCH3 is 1. The van der Waals surface area contributed by atoms with Crippen molar-refractivity contribution in [3.8, 4) is 0 Å². The lowest BCUT2D eigenvalue weighted by Gasteiger charge is -2.32. The molecule has 19 heavy (non-hydrogen) atoms. The van der Waals surface area contributed by atoms with Gasteiger partial charge in [-0.1, -0.05) is 12.2 Å². The van der Waals surface area contributed by atoms with Gasteiger partial charge in [-0.2, -0.15) is 0 Å². The van der Waals surface area contributed by atoms with Crippen LogP contribution in [0.5, 0.6) is 0 Å². The highest BCUT2D eigenvalue weighted by atomic mass is 16.6. The second-order valence-electron chi connectivity index (χ2n) is 5.36. The molecule has 0 heterocycles. The highest BCUT2D eigenvalue weighted by Crippen LogP contribution is 2.21. The lowest BCUT2D eigenvalue weighted by Crippen LogP contribution is -2.51. The maximum absolute atomic E-state index is 12.1. The standard InChI is InChI=1S/C13H21NO5/c1-13(2,3)19-12(17)14(9-7-5-6-8-9)10(15)11(16)18-4/h5,7,9-10,15H,6,8H2,1-4H3. The minimum atomic E-state index is -1.66. The number of amides is 1. The zero-order valence-corrected chi connectivity index (χ0v) is 11.8. The van der Waals surface area contributed by atoms with Crippen LogP contribution >= 0.6 is 0 Å². The van der Waals surface area contributed by atoms with Crippen LogP contribution in [0.1, 0.15) is 33.6 Å². The number of rotatable bonds is 3. The van der Waals surface area contributed by atoms with Crippen LogP contribution in [0.25, 0.3) is 0 Å². The Morgan fingerprint density at radius 2 is 2.05 bits per heavy atom. The van der Waals surface area contributed by atoms with Crippen molar-refractivity contribution in [2.45, 2.75) is 51.5 Å². The lowest BCUT2D eigenvalue weighted by atomic mass is 10.2. The number of nitrogens with zero attached hydrogens (tertiary/aromatic N) is 1. The van der Waals surface area contributed by atoms with E-state index in [1.807, 2.05) is 6.08 Å². The third kappa shape index (κ3) is 4.24. The van der Waals surface area contributed by atoms with Gasteiger partial charge in [-0.05, 0) is 33.6 Å². The Morgan fingerprint density at radius 1 is 1.42 bits per heavy atom. The fourth-order valence-corrected chi connectivity index (χ4v) is 1.80. The Morgan fingerprint density at radius 3 is 2.47 bits per heavy atom. The molecule has 1 amide bonds. The van der Waals surface area contributed by atoms with Crippen LogP contribution in [0.4, 0.5) is 4.79 Å². The topological polar surface area (TPSA) is 76.1 Å². The van der Waals surface area contributed by atoms with E-state index in [1.165, 1.54) is 0 Å². The van der Waals surface area contributed by atoms with Crippen LogP contribution < -0.4 is 0 Å².